The van der Waals surface area contributed by atoms with Crippen molar-refractivity contribution >= 4 is 0 Å². The quantitative estimate of drug-likeness (QED) is 0.466. The van der Waals surface area contributed by atoms with Gasteiger partial charge in [-0.05, 0) is 30.9 Å². The van der Waals surface area contributed by atoms with Gasteiger partial charge >= 0.3 is 29.6 Å². The van der Waals surface area contributed by atoms with Crippen LogP contribution in [-0.4, -0.2) is 34.2 Å². The predicted molar refractivity (Wildman–Crippen MR) is 94.2 cm³/mol. The van der Waals surface area contributed by atoms with E-state index in [0.717, 1.165) is 43.4 Å². The van der Waals surface area contributed by atoms with E-state index in [-0.39, 0.29) is 40.7 Å². The second kappa shape index (κ2) is 10.7. The minimum Gasteiger partial charge on any atom is -0.504 e. The minimum atomic E-state index is -0.110. The van der Waals surface area contributed by atoms with Crippen molar-refractivity contribution in [1.82, 2.24) is 20.6 Å². The second-order valence-corrected chi connectivity index (χ2v) is 6.73. The monoisotopic (exact) mass is 370 g/mol. The number of unbranched alkanes of at least 4 members (excludes halogenated alkanes) is 2. The summed E-state index contributed by atoms with van der Waals surface area (Å²) in [6.45, 7) is 6.89. The summed E-state index contributed by atoms with van der Waals surface area (Å²) in [6, 6.07) is 3.46. The Morgan fingerprint density at radius 2 is 1.92 bits per heavy atom. The summed E-state index contributed by atoms with van der Waals surface area (Å²) in [4.78, 5) is 0. The van der Waals surface area contributed by atoms with Crippen LogP contribution in [0.25, 0.3) is 0 Å². The van der Waals surface area contributed by atoms with Crippen LogP contribution in [0.5, 0.6) is 17.2 Å². The number of nitrogens with zero attached hydrogens (tertiary/aromatic N) is 4. The number of benzene rings is 1. The van der Waals surface area contributed by atoms with Crippen molar-refractivity contribution in [2.45, 2.75) is 58.3 Å². The van der Waals surface area contributed by atoms with E-state index < -0.39 is 0 Å². The summed E-state index contributed by atoms with van der Waals surface area (Å²) in [5.74, 6) is 2.01. The number of tetrazole rings is 1. The van der Waals surface area contributed by atoms with E-state index in [9.17, 15) is 5.11 Å². The van der Waals surface area contributed by atoms with E-state index in [1.54, 1.807) is 13.2 Å². The molecule has 2 rings (SSSR count). The van der Waals surface area contributed by atoms with Gasteiger partial charge in [0.1, 0.15) is 5.75 Å². The van der Waals surface area contributed by atoms with Crippen molar-refractivity contribution in [2.75, 3.05) is 13.7 Å². The molecule has 1 N–H and O–H groups in total. The predicted octanol–water partition coefficient (Wildman–Crippen LogP) is 0.0264. The van der Waals surface area contributed by atoms with Gasteiger partial charge < -0.3 is 19.7 Å². The van der Waals surface area contributed by atoms with E-state index in [0.29, 0.717) is 18.2 Å². The van der Waals surface area contributed by atoms with Gasteiger partial charge in [-0.15, -0.1) is 0 Å². The van der Waals surface area contributed by atoms with Crippen LogP contribution in [0.2, 0.25) is 0 Å². The second-order valence-electron chi connectivity index (χ2n) is 6.73. The molecule has 0 spiro atoms. The Bertz CT molecular complexity index is 663. The summed E-state index contributed by atoms with van der Waals surface area (Å²) in [6.07, 6.45) is 4.85. The van der Waals surface area contributed by atoms with Gasteiger partial charge in [0.15, 0.2) is 11.5 Å². The Hall–Kier alpha value is -1.31. The molecule has 1 aromatic heterocycles. The molecule has 1 heterocycles. The van der Waals surface area contributed by atoms with Crippen LogP contribution in [-0.2, 0) is 11.8 Å². The first kappa shape index (κ1) is 22.7. The average molecular weight is 370 g/mol. The normalized spacial score (nSPS) is 11.1. The molecule has 0 aliphatic carbocycles. The first-order valence-corrected chi connectivity index (χ1v) is 8.69. The molecule has 26 heavy (non-hydrogen) atoms. The fourth-order valence-electron chi connectivity index (χ4n) is 2.72. The molecule has 138 valence electrons. The number of hydrogen-bond donors (Lipinski definition) is 1. The molecule has 8 heteroatoms. The summed E-state index contributed by atoms with van der Waals surface area (Å²) in [5, 5.41) is 24.9. The van der Waals surface area contributed by atoms with Crippen LogP contribution in [0, 0.1) is 0 Å². The van der Waals surface area contributed by atoms with Crippen LogP contribution in [0.15, 0.2) is 12.1 Å². The van der Waals surface area contributed by atoms with Crippen molar-refractivity contribution in [3.63, 3.8) is 0 Å². The maximum absolute atomic E-state index is 9.91. The number of phenolic OH excluding ortho intramolecular Hbond substituents is 1. The van der Waals surface area contributed by atoms with E-state index in [1.165, 1.54) is 0 Å². The van der Waals surface area contributed by atoms with E-state index in [2.05, 4.69) is 41.4 Å². The Morgan fingerprint density at radius 3 is 2.54 bits per heavy atom. The van der Waals surface area contributed by atoms with Crippen LogP contribution < -0.4 is 44.2 Å². The fraction of sp³-hybridized carbons (Fsp3) is 0.611. The molecule has 0 bridgehead atoms. The van der Waals surface area contributed by atoms with Crippen molar-refractivity contribution in [2.24, 2.45) is 0 Å². The number of ether oxygens (including phenoxy) is 2. The van der Waals surface area contributed by atoms with Gasteiger partial charge in [0.2, 0.25) is 0 Å². The van der Waals surface area contributed by atoms with E-state index >= 15 is 0 Å². The smallest absolute Gasteiger partial charge is 0.504 e. The van der Waals surface area contributed by atoms with Crippen molar-refractivity contribution < 1.29 is 44.1 Å². The molecule has 0 saturated heterocycles. The number of hydrogen-bond acceptors (Lipinski definition) is 6. The van der Waals surface area contributed by atoms with E-state index in [1.807, 2.05) is 6.07 Å². The van der Waals surface area contributed by atoms with Crippen LogP contribution >= 0.6 is 0 Å². The number of aromatic hydroxyl groups is 1. The molecule has 0 aliphatic rings. The van der Waals surface area contributed by atoms with Gasteiger partial charge in [-0.3, -0.25) is 15.5 Å². The van der Waals surface area contributed by atoms with Gasteiger partial charge in [0.25, 0.3) is 0 Å². The first-order chi connectivity index (χ1) is 12.0. The first-order valence-electron chi connectivity index (χ1n) is 8.69. The number of phenols is 1. The molecular weight excluding hydrogens is 343 g/mol. The van der Waals surface area contributed by atoms with Gasteiger partial charge in [-0.1, -0.05) is 33.6 Å². The van der Waals surface area contributed by atoms with E-state index in [4.69, 9.17) is 9.47 Å². The topological polar surface area (TPSA) is 91.5 Å². The van der Waals surface area contributed by atoms with Crippen LogP contribution in [0.1, 0.15) is 57.8 Å². The molecular formula is C18H27N4NaO3. The molecule has 0 unspecified atom stereocenters. The summed E-state index contributed by atoms with van der Waals surface area (Å²) >= 11 is 0. The maximum Gasteiger partial charge on any atom is 1.00 e. The van der Waals surface area contributed by atoms with Gasteiger partial charge in [0, 0.05) is 17.3 Å². The van der Waals surface area contributed by atoms with Crippen molar-refractivity contribution in [1.29, 1.82) is 0 Å². The Labute approximate surface area is 177 Å². The average Bonchev–Trinajstić information content (AvgIpc) is 3.13. The van der Waals surface area contributed by atoms with Crippen molar-refractivity contribution in [3.05, 3.63) is 23.5 Å². The van der Waals surface area contributed by atoms with Crippen LogP contribution in [0.3, 0.4) is 0 Å². The minimum absolute atomic E-state index is 0. The molecule has 0 saturated carbocycles. The largest absolute Gasteiger partial charge is 1.00 e. The maximum atomic E-state index is 9.91. The number of aryl methyl sites for hydroxylation is 1. The third kappa shape index (κ3) is 6.14. The van der Waals surface area contributed by atoms with Crippen LogP contribution in [0.4, 0.5) is 0 Å². The van der Waals surface area contributed by atoms with Gasteiger partial charge in [-0.25, -0.2) is 0 Å². The summed E-state index contributed by atoms with van der Waals surface area (Å²) in [5.41, 5.74) is 0.922. The zero-order valence-electron chi connectivity index (χ0n) is 16.4. The standard InChI is InChI=1S/C18H27N4O3.Na/c1-5-13-11-16(24-4)14(23)12-15(13)25-10-8-6-7-9-18(2,3)17-19-21-22-20-17;/h11-12H,5-10H2,1-4H3,(H-,19,20,21,22,23);/q-1;+1. The fourth-order valence-corrected chi connectivity index (χ4v) is 2.72. The Balaban J connectivity index is 0.00000338. The third-order valence-corrected chi connectivity index (χ3v) is 4.37. The molecule has 2 aromatic rings. The Morgan fingerprint density at radius 1 is 1.15 bits per heavy atom. The number of aromatic nitrogens is 4. The van der Waals surface area contributed by atoms with Crippen molar-refractivity contribution in [3.8, 4) is 17.2 Å². The molecule has 0 fully saturated rings. The molecule has 0 aliphatic heterocycles. The molecule has 0 radical (unpaired) electrons. The summed E-state index contributed by atoms with van der Waals surface area (Å²) in [7, 11) is 1.54. The molecule has 1 aromatic carbocycles. The Kier molecular flexibility index (Phi) is 9.39. The number of rotatable bonds is 10. The zero-order chi connectivity index (χ0) is 18.3. The third-order valence-electron chi connectivity index (χ3n) is 4.37. The SMILES string of the molecule is CCc1cc(OC)c(O)cc1OCCCCCC(C)(C)c1nn[n-]n1.[Na+]. The summed E-state index contributed by atoms with van der Waals surface area (Å²) < 4.78 is 11.0. The number of methoxy groups -OCH3 is 1. The molecule has 0 amide bonds. The molecule has 7 nitrogen and oxygen atoms in total. The van der Waals surface area contributed by atoms with Gasteiger partial charge in [-0.2, -0.15) is 0 Å². The molecule has 0 atom stereocenters. The zero-order valence-corrected chi connectivity index (χ0v) is 18.4. The van der Waals surface area contributed by atoms with Gasteiger partial charge in [0.05, 0.1) is 13.7 Å².